The first-order valence-corrected chi connectivity index (χ1v) is 3.20. The van der Waals surface area contributed by atoms with E-state index >= 15 is 0 Å². The fourth-order valence-electron chi connectivity index (χ4n) is 1.02. The molecule has 0 aliphatic carbocycles. The van der Waals surface area contributed by atoms with Crippen molar-refractivity contribution in [2.24, 2.45) is 0 Å². The van der Waals surface area contributed by atoms with Gasteiger partial charge in [0.05, 0.1) is 17.4 Å². The first kappa shape index (κ1) is 6.03. The van der Waals surface area contributed by atoms with Gasteiger partial charge in [-0.05, 0) is 6.07 Å². The minimum atomic E-state index is 0.0965. The molecule has 0 unspecified atom stereocenters. The van der Waals surface area contributed by atoms with Crippen molar-refractivity contribution in [3.8, 4) is 5.88 Å². The van der Waals surface area contributed by atoms with E-state index in [4.69, 9.17) is 5.73 Å². The van der Waals surface area contributed by atoms with Crippen molar-refractivity contribution in [3.63, 3.8) is 0 Å². The van der Waals surface area contributed by atoms with Crippen LogP contribution in [0.4, 0.5) is 5.69 Å². The molecule has 3 N–H and O–H groups in total. The van der Waals surface area contributed by atoms with E-state index in [-0.39, 0.29) is 5.88 Å². The van der Waals surface area contributed by atoms with Crippen molar-refractivity contribution in [1.29, 1.82) is 0 Å². The van der Waals surface area contributed by atoms with Crippen molar-refractivity contribution in [3.05, 3.63) is 24.4 Å². The molecule has 56 valence electrons. The quantitative estimate of drug-likeness (QED) is 0.577. The summed E-state index contributed by atoms with van der Waals surface area (Å²) in [5, 5.41) is 13.1. The Kier molecular flexibility index (Phi) is 1.03. The van der Waals surface area contributed by atoms with Crippen molar-refractivity contribution >= 4 is 11.2 Å². The Morgan fingerprint density at radius 2 is 2.27 bits per heavy atom. The Hall–Kier alpha value is -1.71. The summed E-state index contributed by atoms with van der Waals surface area (Å²) in [5.41, 5.74) is 6.85. The molecule has 2 aromatic rings. The lowest BCUT2D eigenvalue weighted by molar-refractivity contribution is 0.437. The SMILES string of the molecule is Nc1cnn2c(O)cccc12. The summed E-state index contributed by atoms with van der Waals surface area (Å²) in [6, 6.07) is 5.07. The van der Waals surface area contributed by atoms with Crippen molar-refractivity contribution in [2.45, 2.75) is 0 Å². The van der Waals surface area contributed by atoms with Crippen LogP contribution in [0.15, 0.2) is 24.4 Å². The molecule has 0 saturated carbocycles. The van der Waals surface area contributed by atoms with Gasteiger partial charge >= 0.3 is 0 Å². The molecule has 0 fully saturated rings. The van der Waals surface area contributed by atoms with E-state index in [0.717, 1.165) is 5.52 Å². The summed E-state index contributed by atoms with van der Waals surface area (Å²) < 4.78 is 1.38. The smallest absolute Gasteiger partial charge is 0.212 e. The zero-order chi connectivity index (χ0) is 7.84. The van der Waals surface area contributed by atoms with E-state index in [1.165, 1.54) is 10.7 Å². The number of rotatable bonds is 0. The molecular formula is C7H7N3O. The maximum atomic E-state index is 9.23. The van der Waals surface area contributed by atoms with E-state index in [2.05, 4.69) is 5.10 Å². The first-order chi connectivity index (χ1) is 5.29. The van der Waals surface area contributed by atoms with Gasteiger partial charge in [0, 0.05) is 6.07 Å². The van der Waals surface area contributed by atoms with Crippen molar-refractivity contribution in [2.75, 3.05) is 5.73 Å². The molecule has 0 bridgehead atoms. The number of hydrogen-bond acceptors (Lipinski definition) is 3. The molecule has 0 spiro atoms. The standard InChI is InChI=1S/C7H7N3O/c8-5-4-9-10-6(5)2-1-3-7(10)11/h1-4,11H,8H2. The highest BCUT2D eigenvalue weighted by atomic mass is 16.3. The van der Waals surface area contributed by atoms with Crippen molar-refractivity contribution < 1.29 is 5.11 Å². The number of nitrogens with zero attached hydrogens (tertiary/aromatic N) is 2. The molecule has 0 aliphatic rings. The predicted molar refractivity (Wildman–Crippen MR) is 41.3 cm³/mol. The van der Waals surface area contributed by atoms with Gasteiger partial charge in [0.25, 0.3) is 0 Å². The Labute approximate surface area is 62.9 Å². The second-order valence-electron chi connectivity index (χ2n) is 2.28. The molecule has 2 aromatic heterocycles. The summed E-state index contributed by atoms with van der Waals surface area (Å²) in [5.74, 6) is 0.0965. The van der Waals surface area contributed by atoms with Gasteiger partial charge in [0.15, 0.2) is 0 Å². The van der Waals surface area contributed by atoms with Crippen LogP contribution in [0, 0.1) is 0 Å². The number of fused-ring (bicyclic) bond motifs is 1. The van der Waals surface area contributed by atoms with Crippen LogP contribution in [-0.4, -0.2) is 14.7 Å². The maximum absolute atomic E-state index is 9.23. The number of aromatic nitrogens is 2. The molecule has 0 saturated heterocycles. The average molecular weight is 149 g/mol. The maximum Gasteiger partial charge on any atom is 0.212 e. The molecule has 4 heteroatoms. The van der Waals surface area contributed by atoms with Gasteiger partial charge in [0.1, 0.15) is 0 Å². The third-order valence-corrected chi connectivity index (χ3v) is 1.55. The van der Waals surface area contributed by atoms with Gasteiger partial charge in [-0.25, -0.2) is 0 Å². The lowest BCUT2D eigenvalue weighted by Crippen LogP contribution is -1.87. The van der Waals surface area contributed by atoms with Crippen LogP contribution in [0.3, 0.4) is 0 Å². The zero-order valence-electron chi connectivity index (χ0n) is 5.73. The van der Waals surface area contributed by atoms with Gasteiger partial charge in [-0.3, -0.25) is 0 Å². The Bertz CT molecular complexity index is 393. The molecule has 4 nitrogen and oxygen atoms in total. The number of aromatic hydroxyl groups is 1. The van der Waals surface area contributed by atoms with E-state index in [1.54, 1.807) is 18.2 Å². The molecule has 0 atom stereocenters. The summed E-state index contributed by atoms with van der Waals surface area (Å²) in [6.45, 7) is 0. The fraction of sp³-hybridized carbons (Fsp3) is 0. The first-order valence-electron chi connectivity index (χ1n) is 3.20. The predicted octanol–water partition coefficient (Wildman–Crippen LogP) is 0.622. The van der Waals surface area contributed by atoms with Crippen molar-refractivity contribution in [1.82, 2.24) is 9.61 Å². The number of anilines is 1. The number of pyridine rings is 1. The molecule has 0 aromatic carbocycles. The summed E-state index contributed by atoms with van der Waals surface area (Å²) in [7, 11) is 0. The van der Waals surface area contributed by atoms with Gasteiger partial charge in [-0.2, -0.15) is 9.61 Å². The number of nitrogens with two attached hydrogens (primary N) is 1. The molecule has 0 amide bonds. The van der Waals surface area contributed by atoms with E-state index in [1.807, 2.05) is 0 Å². The Balaban J connectivity index is 2.94. The lowest BCUT2D eigenvalue weighted by atomic mass is 10.4. The van der Waals surface area contributed by atoms with E-state index in [0.29, 0.717) is 5.69 Å². The average Bonchev–Trinajstić information content (AvgIpc) is 2.35. The summed E-state index contributed by atoms with van der Waals surface area (Å²) in [6.07, 6.45) is 1.51. The van der Waals surface area contributed by atoms with Crippen LogP contribution in [0.25, 0.3) is 5.52 Å². The van der Waals surface area contributed by atoms with Crippen LogP contribution < -0.4 is 5.73 Å². The van der Waals surface area contributed by atoms with Crippen LogP contribution >= 0.6 is 0 Å². The molecule has 11 heavy (non-hydrogen) atoms. The molecular weight excluding hydrogens is 142 g/mol. The molecule has 2 heterocycles. The lowest BCUT2D eigenvalue weighted by Gasteiger charge is -1.95. The van der Waals surface area contributed by atoms with Crippen LogP contribution in [-0.2, 0) is 0 Å². The molecule has 2 rings (SSSR count). The van der Waals surface area contributed by atoms with Gasteiger partial charge in [-0.1, -0.05) is 6.07 Å². The summed E-state index contributed by atoms with van der Waals surface area (Å²) in [4.78, 5) is 0. The topological polar surface area (TPSA) is 63.5 Å². The zero-order valence-corrected chi connectivity index (χ0v) is 5.73. The monoisotopic (exact) mass is 149 g/mol. The minimum absolute atomic E-state index is 0.0965. The Morgan fingerprint density at radius 3 is 3.00 bits per heavy atom. The van der Waals surface area contributed by atoms with E-state index in [9.17, 15) is 5.11 Å². The second-order valence-corrected chi connectivity index (χ2v) is 2.28. The summed E-state index contributed by atoms with van der Waals surface area (Å²) >= 11 is 0. The van der Waals surface area contributed by atoms with Gasteiger partial charge in [-0.15, -0.1) is 0 Å². The normalized spacial score (nSPS) is 10.5. The fourth-order valence-corrected chi connectivity index (χ4v) is 1.02. The highest BCUT2D eigenvalue weighted by Gasteiger charge is 2.01. The van der Waals surface area contributed by atoms with Crippen LogP contribution in [0.5, 0.6) is 5.88 Å². The van der Waals surface area contributed by atoms with Gasteiger partial charge in [0.2, 0.25) is 5.88 Å². The molecule has 0 aliphatic heterocycles. The van der Waals surface area contributed by atoms with E-state index < -0.39 is 0 Å². The minimum Gasteiger partial charge on any atom is -0.493 e. The van der Waals surface area contributed by atoms with Gasteiger partial charge < -0.3 is 10.8 Å². The Morgan fingerprint density at radius 1 is 1.45 bits per heavy atom. The molecule has 0 radical (unpaired) electrons. The number of nitrogen functional groups attached to an aromatic ring is 1. The van der Waals surface area contributed by atoms with Crippen LogP contribution in [0.1, 0.15) is 0 Å². The highest BCUT2D eigenvalue weighted by Crippen LogP contribution is 2.17. The third-order valence-electron chi connectivity index (χ3n) is 1.55. The second kappa shape index (κ2) is 1.88. The highest BCUT2D eigenvalue weighted by molar-refractivity contribution is 5.68. The van der Waals surface area contributed by atoms with Crippen LogP contribution in [0.2, 0.25) is 0 Å². The largest absolute Gasteiger partial charge is 0.493 e. The third kappa shape index (κ3) is 0.724. The number of hydrogen-bond donors (Lipinski definition) is 2.